The summed E-state index contributed by atoms with van der Waals surface area (Å²) in [4.78, 5) is 30.1. The van der Waals surface area contributed by atoms with E-state index in [1.54, 1.807) is 10.3 Å². The minimum atomic E-state index is -0.546. The molecule has 1 saturated heterocycles. The molecule has 1 fully saturated rings. The van der Waals surface area contributed by atoms with E-state index in [1.165, 1.54) is 16.9 Å². The van der Waals surface area contributed by atoms with Crippen LogP contribution in [-0.2, 0) is 9.53 Å². The molecule has 1 aliphatic rings. The van der Waals surface area contributed by atoms with Crippen LogP contribution in [0.2, 0.25) is 0 Å². The van der Waals surface area contributed by atoms with E-state index >= 15 is 0 Å². The number of thiazole rings is 1. The molecular formula is C18H20N2O3S. The zero-order chi connectivity index (χ0) is 17.1. The normalized spacial score (nSPS) is 14.0. The first kappa shape index (κ1) is 16.6. The molecule has 2 heterocycles. The van der Waals surface area contributed by atoms with E-state index in [-0.39, 0.29) is 18.2 Å². The number of likely N-dealkylation sites (tertiary alicyclic amines) is 1. The number of aromatic nitrogens is 1. The van der Waals surface area contributed by atoms with Gasteiger partial charge in [0.05, 0.1) is 0 Å². The monoisotopic (exact) mass is 344 g/mol. The molecule has 0 N–H and O–H groups in total. The number of nitrogens with zero attached hydrogens (tertiary/aromatic N) is 2. The lowest BCUT2D eigenvalue weighted by Crippen LogP contribution is -2.32. The molecule has 1 aromatic heterocycles. The second kappa shape index (κ2) is 7.13. The van der Waals surface area contributed by atoms with Gasteiger partial charge in [0, 0.05) is 24.0 Å². The minimum Gasteiger partial charge on any atom is -0.451 e. The van der Waals surface area contributed by atoms with Gasteiger partial charge in [-0.15, -0.1) is 11.3 Å². The zero-order valence-electron chi connectivity index (χ0n) is 13.9. The molecule has 126 valence electrons. The van der Waals surface area contributed by atoms with E-state index in [0.29, 0.717) is 0 Å². The number of carbonyl (C=O) groups is 2. The van der Waals surface area contributed by atoms with Gasteiger partial charge < -0.3 is 9.64 Å². The summed E-state index contributed by atoms with van der Waals surface area (Å²) in [6.45, 7) is 5.36. The first-order valence-electron chi connectivity index (χ1n) is 8.02. The number of hydrogen-bond donors (Lipinski definition) is 0. The third-order valence-electron chi connectivity index (χ3n) is 4.11. The predicted molar refractivity (Wildman–Crippen MR) is 93.1 cm³/mol. The van der Waals surface area contributed by atoms with Gasteiger partial charge in [0.25, 0.3) is 5.91 Å². The Bertz CT molecular complexity index is 763. The molecule has 0 radical (unpaired) electrons. The fraction of sp³-hybridized carbons (Fsp3) is 0.389. The lowest BCUT2D eigenvalue weighted by atomic mass is 10.1. The highest BCUT2D eigenvalue weighted by Gasteiger charge is 2.20. The van der Waals surface area contributed by atoms with Crippen LogP contribution in [0.4, 0.5) is 0 Å². The number of ether oxygens (including phenoxy) is 1. The van der Waals surface area contributed by atoms with E-state index in [0.717, 1.165) is 42.1 Å². The molecule has 3 rings (SSSR count). The quantitative estimate of drug-likeness (QED) is 0.799. The molecule has 5 nitrogen and oxygen atoms in total. The summed E-state index contributed by atoms with van der Waals surface area (Å²) in [7, 11) is 0. The Balaban J connectivity index is 1.64. The van der Waals surface area contributed by atoms with Crippen LogP contribution in [0.25, 0.3) is 10.6 Å². The standard InChI is InChI=1S/C18H20N2O3S/c1-12-5-6-14(13(2)9-12)17-19-15(11-24-17)18(22)23-10-16(21)20-7-3-4-8-20/h5-6,9,11H,3-4,7-8,10H2,1-2H3. The van der Waals surface area contributed by atoms with Crippen LogP contribution in [0.1, 0.15) is 34.5 Å². The van der Waals surface area contributed by atoms with Crippen LogP contribution in [0, 0.1) is 13.8 Å². The number of carbonyl (C=O) groups excluding carboxylic acids is 2. The van der Waals surface area contributed by atoms with Gasteiger partial charge in [-0.3, -0.25) is 4.79 Å². The largest absolute Gasteiger partial charge is 0.451 e. The van der Waals surface area contributed by atoms with Gasteiger partial charge >= 0.3 is 5.97 Å². The van der Waals surface area contributed by atoms with Crippen molar-refractivity contribution in [1.82, 2.24) is 9.88 Å². The minimum absolute atomic E-state index is 0.134. The average molecular weight is 344 g/mol. The van der Waals surface area contributed by atoms with Crippen LogP contribution in [0.15, 0.2) is 23.6 Å². The predicted octanol–water partition coefficient (Wildman–Crippen LogP) is 3.21. The maximum atomic E-state index is 12.1. The highest BCUT2D eigenvalue weighted by atomic mass is 32.1. The molecule has 24 heavy (non-hydrogen) atoms. The van der Waals surface area contributed by atoms with Crippen LogP contribution < -0.4 is 0 Å². The molecule has 1 aromatic carbocycles. The summed E-state index contributed by atoms with van der Waals surface area (Å²) in [5, 5.41) is 2.46. The third kappa shape index (κ3) is 3.64. The number of rotatable bonds is 4. The van der Waals surface area contributed by atoms with Crippen molar-refractivity contribution in [3.05, 3.63) is 40.4 Å². The number of aryl methyl sites for hydroxylation is 2. The van der Waals surface area contributed by atoms with Crippen LogP contribution in [0.5, 0.6) is 0 Å². The Hall–Kier alpha value is -2.21. The Morgan fingerprint density at radius 3 is 2.71 bits per heavy atom. The summed E-state index contributed by atoms with van der Waals surface area (Å²) < 4.78 is 5.11. The fourth-order valence-corrected chi connectivity index (χ4v) is 3.68. The Morgan fingerprint density at radius 1 is 1.25 bits per heavy atom. The molecule has 0 bridgehead atoms. The summed E-state index contributed by atoms with van der Waals surface area (Å²) in [6, 6.07) is 6.12. The summed E-state index contributed by atoms with van der Waals surface area (Å²) in [5.41, 5.74) is 3.57. The molecule has 1 amide bonds. The second-order valence-electron chi connectivity index (χ2n) is 6.02. The van der Waals surface area contributed by atoms with Gasteiger partial charge in [-0.25, -0.2) is 9.78 Å². The molecule has 2 aromatic rings. The van der Waals surface area contributed by atoms with Crippen molar-refractivity contribution in [1.29, 1.82) is 0 Å². The molecule has 0 saturated carbocycles. The lowest BCUT2D eigenvalue weighted by molar-refractivity contribution is -0.133. The van der Waals surface area contributed by atoms with Crippen LogP contribution in [0.3, 0.4) is 0 Å². The molecule has 0 unspecified atom stereocenters. The van der Waals surface area contributed by atoms with Gasteiger partial charge in [0.15, 0.2) is 12.3 Å². The summed E-state index contributed by atoms with van der Waals surface area (Å²) in [5.74, 6) is -0.680. The third-order valence-corrected chi connectivity index (χ3v) is 4.99. The van der Waals surface area contributed by atoms with Crippen molar-refractivity contribution in [3.63, 3.8) is 0 Å². The van der Waals surface area contributed by atoms with Gasteiger partial charge in [-0.1, -0.05) is 23.8 Å². The van der Waals surface area contributed by atoms with E-state index in [4.69, 9.17) is 4.74 Å². The number of benzene rings is 1. The maximum absolute atomic E-state index is 12.1. The van der Waals surface area contributed by atoms with Gasteiger partial charge in [0.2, 0.25) is 0 Å². The van der Waals surface area contributed by atoms with Crippen molar-refractivity contribution < 1.29 is 14.3 Å². The average Bonchev–Trinajstić information content (AvgIpc) is 3.23. The van der Waals surface area contributed by atoms with E-state index < -0.39 is 5.97 Å². The van der Waals surface area contributed by atoms with Gasteiger partial charge in [-0.05, 0) is 32.3 Å². The van der Waals surface area contributed by atoms with Crippen LogP contribution in [-0.4, -0.2) is 41.5 Å². The Morgan fingerprint density at radius 2 is 2.00 bits per heavy atom. The molecule has 1 aliphatic heterocycles. The zero-order valence-corrected chi connectivity index (χ0v) is 14.7. The highest BCUT2D eigenvalue weighted by Crippen LogP contribution is 2.27. The van der Waals surface area contributed by atoms with Crippen molar-refractivity contribution >= 4 is 23.2 Å². The number of hydrogen-bond acceptors (Lipinski definition) is 5. The van der Waals surface area contributed by atoms with E-state index in [9.17, 15) is 9.59 Å². The van der Waals surface area contributed by atoms with Crippen molar-refractivity contribution in [2.24, 2.45) is 0 Å². The first-order valence-corrected chi connectivity index (χ1v) is 8.90. The number of esters is 1. The van der Waals surface area contributed by atoms with Crippen molar-refractivity contribution in [2.45, 2.75) is 26.7 Å². The Kier molecular flexibility index (Phi) is 4.94. The van der Waals surface area contributed by atoms with Crippen molar-refractivity contribution in [2.75, 3.05) is 19.7 Å². The topological polar surface area (TPSA) is 59.5 Å². The summed E-state index contributed by atoms with van der Waals surface area (Å²) >= 11 is 1.40. The molecular weight excluding hydrogens is 324 g/mol. The maximum Gasteiger partial charge on any atom is 0.358 e. The van der Waals surface area contributed by atoms with E-state index in [1.807, 2.05) is 26.0 Å². The number of amides is 1. The smallest absolute Gasteiger partial charge is 0.358 e. The fourth-order valence-electron chi connectivity index (χ4n) is 2.80. The second-order valence-corrected chi connectivity index (χ2v) is 6.88. The van der Waals surface area contributed by atoms with Crippen LogP contribution >= 0.6 is 11.3 Å². The summed E-state index contributed by atoms with van der Waals surface area (Å²) in [6.07, 6.45) is 2.04. The first-order chi connectivity index (χ1) is 11.5. The molecule has 0 spiro atoms. The lowest BCUT2D eigenvalue weighted by Gasteiger charge is -2.14. The van der Waals surface area contributed by atoms with E-state index in [2.05, 4.69) is 11.1 Å². The Labute approximate surface area is 145 Å². The molecule has 0 atom stereocenters. The molecule has 0 aliphatic carbocycles. The van der Waals surface area contributed by atoms with Gasteiger partial charge in [0.1, 0.15) is 5.01 Å². The SMILES string of the molecule is Cc1ccc(-c2nc(C(=O)OCC(=O)N3CCCC3)cs2)c(C)c1. The molecule has 6 heteroatoms. The van der Waals surface area contributed by atoms with Gasteiger partial charge in [-0.2, -0.15) is 0 Å². The van der Waals surface area contributed by atoms with Crippen molar-refractivity contribution in [3.8, 4) is 10.6 Å². The highest BCUT2D eigenvalue weighted by molar-refractivity contribution is 7.13.